The maximum Gasteiger partial charge on any atom is 0.306 e. The number of aliphatic hydroxyl groups excluding tert-OH is 1. The topological polar surface area (TPSA) is 93.2 Å². The molecule has 0 aliphatic heterocycles. The van der Waals surface area contributed by atoms with Crippen molar-refractivity contribution >= 4 is 17.4 Å². The highest BCUT2D eigenvalue weighted by molar-refractivity contribution is 7.99. The Morgan fingerprint density at radius 3 is 3.14 bits per heavy atom. The molecular formula is C13H22N4O3S. The Kier molecular flexibility index (Phi) is 6.01. The van der Waals surface area contributed by atoms with Gasteiger partial charge in [-0.1, -0.05) is 13.3 Å². The van der Waals surface area contributed by atoms with Crippen LogP contribution < -0.4 is 5.32 Å². The highest BCUT2D eigenvalue weighted by Crippen LogP contribution is 2.29. The van der Waals surface area contributed by atoms with Gasteiger partial charge in [0, 0.05) is 17.8 Å². The molecule has 1 aliphatic rings. The maximum atomic E-state index is 10.6. The van der Waals surface area contributed by atoms with Gasteiger partial charge in [-0.25, -0.2) is 0 Å². The van der Waals surface area contributed by atoms with E-state index in [9.17, 15) is 15.2 Å². The second-order valence-electron chi connectivity index (χ2n) is 5.27. The summed E-state index contributed by atoms with van der Waals surface area (Å²) >= 11 is 1.97. The van der Waals surface area contributed by atoms with Crippen molar-refractivity contribution in [1.82, 2.24) is 15.1 Å². The molecular weight excluding hydrogens is 292 g/mol. The van der Waals surface area contributed by atoms with Crippen LogP contribution >= 0.6 is 11.8 Å². The fraction of sp³-hybridized carbons (Fsp3) is 0.769. The van der Waals surface area contributed by atoms with Gasteiger partial charge in [-0.15, -0.1) is 0 Å². The van der Waals surface area contributed by atoms with Crippen LogP contribution in [-0.4, -0.2) is 49.5 Å². The summed E-state index contributed by atoms with van der Waals surface area (Å²) in [5.41, 5.74) is -0.0506. The average Bonchev–Trinajstić information content (AvgIpc) is 3.06. The van der Waals surface area contributed by atoms with Gasteiger partial charge in [0.1, 0.15) is 12.4 Å². The van der Waals surface area contributed by atoms with Crippen LogP contribution in [0, 0.1) is 10.1 Å². The van der Waals surface area contributed by atoms with Crippen molar-refractivity contribution in [1.29, 1.82) is 0 Å². The van der Waals surface area contributed by atoms with Crippen molar-refractivity contribution in [2.24, 2.45) is 0 Å². The number of aliphatic hydroxyl groups is 1. The number of aromatic nitrogens is 2. The van der Waals surface area contributed by atoms with Gasteiger partial charge < -0.3 is 10.4 Å². The number of hydrogen-bond donors (Lipinski definition) is 2. The molecule has 1 aromatic rings. The van der Waals surface area contributed by atoms with Gasteiger partial charge in [-0.3, -0.25) is 14.8 Å². The van der Waals surface area contributed by atoms with E-state index in [4.69, 9.17) is 0 Å². The normalized spacial score (nSPS) is 23.3. The fourth-order valence-corrected chi connectivity index (χ4v) is 3.91. The Morgan fingerprint density at radius 1 is 1.67 bits per heavy atom. The minimum absolute atomic E-state index is 0.0506. The van der Waals surface area contributed by atoms with E-state index in [1.807, 2.05) is 11.8 Å². The summed E-state index contributed by atoms with van der Waals surface area (Å²) in [5, 5.41) is 28.5. The van der Waals surface area contributed by atoms with Crippen LogP contribution in [0.5, 0.6) is 0 Å². The molecule has 3 atom stereocenters. The molecule has 3 unspecified atom stereocenters. The van der Waals surface area contributed by atoms with Crippen molar-refractivity contribution in [2.45, 2.75) is 50.1 Å². The molecule has 1 aliphatic carbocycles. The minimum Gasteiger partial charge on any atom is -0.390 e. The largest absolute Gasteiger partial charge is 0.390 e. The van der Waals surface area contributed by atoms with E-state index in [1.54, 1.807) is 0 Å². The van der Waals surface area contributed by atoms with E-state index < -0.39 is 11.0 Å². The SMILES string of the molecule is CCSC1CCCC1NCC(O)Cn1cc([N+](=O)[O-])cn1. The highest BCUT2D eigenvalue weighted by Gasteiger charge is 2.27. The van der Waals surface area contributed by atoms with E-state index >= 15 is 0 Å². The van der Waals surface area contributed by atoms with Crippen molar-refractivity contribution in [3.05, 3.63) is 22.5 Å². The summed E-state index contributed by atoms with van der Waals surface area (Å²) in [7, 11) is 0. The molecule has 1 fully saturated rings. The Labute approximate surface area is 128 Å². The summed E-state index contributed by atoms with van der Waals surface area (Å²) in [6.07, 6.45) is 5.56. The molecule has 0 saturated heterocycles. The monoisotopic (exact) mass is 314 g/mol. The van der Waals surface area contributed by atoms with Gasteiger partial charge in [-0.2, -0.15) is 16.9 Å². The lowest BCUT2D eigenvalue weighted by molar-refractivity contribution is -0.385. The predicted octanol–water partition coefficient (Wildman–Crippen LogP) is 1.42. The van der Waals surface area contributed by atoms with Gasteiger partial charge >= 0.3 is 5.69 Å². The van der Waals surface area contributed by atoms with E-state index in [0.717, 1.165) is 12.2 Å². The summed E-state index contributed by atoms with van der Waals surface area (Å²) in [4.78, 5) is 10.1. The Bertz CT molecular complexity index is 468. The van der Waals surface area contributed by atoms with Crippen LogP contribution in [0.2, 0.25) is 0 Å². The lowest BCUT2D eigenvalue weighted by Gasteiger charge is -2.22. The molecule has 0 spiro atoms. The number of rotatable bonds is 8. The Hall–Kier alpha value is -1.12. The van der Waals surface area contributed by atoms with Crippen LogP contribution in [0.25, 0.3) is 0 Å². The lowest BCUT2D eigenvalue weighted by Crippen LogP contribution is -2.40. The summed E-state index contributed by atoms with van der Waals surface area (Å²) in [6, 6.07) is 0.455. The van der Waals surface area contributed by atoms with Crippen LogP contribution in [-0.2, 0) is 6.54 Å². The summed E-state index contributed by atoms with van der Waals surface area (Å²) in [6.45, 7) is 2.91. The highest BCUT2D eigenvalue weighted by atomic mass is 32.2. The first-order valence-corrected chi connectivity index (χ1v) is 8.35. The van der Waals surface area contributed by atoms with Crippen molar-refractivity contribution in [2.75, 3.05) is 12.3 Å². The molecule has 8 heteroatoms. The molecule has 21 heavy (non-hydrogen) atoms. The van der Waals surface area contributed by atoms with Gasteiger partial charge in [-0.05, 0) is 18.6 Å². The zero-order valence-electron chi connectivity index (χ0n) is 12.1. The van der Waals surface area contributed by atoms with Crippen LogP contribution in [0.3, 0.4) is 0 Å². The summed E-state index contributed by atoms with van der Waals surface area (Å²) < 4.78 is 1.41. The number of nitrogens with one attached hydrogen (secondary N) is 1. The molecule has 118 valence electrons. The Balaban J connectivity index is 1.76. The summed E-state index contributed by atoms with van der Waals surface area (Å²) in [5.74, 6) is 1.11. The van der Waals surface area contributed by atoms with Crippen LogP contribution in [0.4, 0.5) is 5.69 Å². The molecule has 7 nitrogen and oxygen atoms in total. The molecule has 2 N–H and O–H groups in total. The molecule has 2 rings (SSSR count). The molecule has 0 amide bonds. The second kappa shape index (κ2) is 7.77. The van der Waals surface area contributed by atoms with E-state index in [0.29, 0.717) is 17.8 Å². The van der Waals surface area contributed by atoms with Crippen molar-refractivity contribution < 1.29 is 10.0 Å². The first-order chi connectivity index (χ1) is 10.1. The maximum absolute atomic E-state index is 10.6. The first kappa shape index (κ1) is 16.3. The molecule has 1 heterocycles. The number of thioether (sulfide) groups is 1. The van der Waals surface area contributed by atoms with Gasteiger partial charge in [0.15, 0.2) is 0 Å². The van der Waals surface area contributed by atoms with Crippen LogP contribution in [0.15, 0.2) is 12.4 Å². The second-order valence-corrected chi connectivity index (χ2v) is 6.79. The van der Waals surface area contributed by atoms with E-state index in [1.165, 1.54) is 29.9 Å². The molecule has 0 aromatic carbocycles. The third kappa shape index (κ3) is 4.69. The Morgan fingerprint density at radius 2 is 2.48 bits per heavy atom. The van der Waals surface area contributed by atoms with Crippen LogP contribution in [0.1, 0.15) is 26.2 Å². The first-order valence-electron chi connectivity index (χ1n) is 7.30. The quantitative estimate of drug-likeness (QED) is 0.557. The smallest absolute Gasteiger partial charge is 0.306 e. The van der Waals surface area contributed by atoms with E-state index in [-0.39, 0.29) is 12.2 Å². The fourth-order valence-electron chi connectivity index (χ4n) is 2.69. The molecule has 0 radical (unpaired) electrons. The number of hydrogen-bond acceptors (Lipinski definition) is 6. The number of nitrogens with zero attached hydrogens (tertiary/aromatic N) is 3. The predicted molar refractivity (Wildman–Crippen MR) is 82.4 cm³/mol. The molecule has 1 saturated carbocycles. The minimum atomic E-state index is -0.600. The van der Waals surface area contributed by atoms with E-state index in [2.05, 4.69) is 17.3 Å². The zero-order valence-corrected chi connectivity index (χ0v) is 13.0. The van der Waals surface area contributed by atoms with Gasteiger partial charge in [0.25, 0.3) is 0 Å². The van der Waals surface area contributed by atoms with Crippen molar-refractivity contribution in [3.63, 3.8) is 0 Å². The third-order valence-corrected chi connectivity index (χ3v) is 5.00. The van der Waals surface area contributed by atoms with Gasteiger partial charge in [0.2, 0.25) is 0 Å². The lowest BCUT2D eigenvalue weighted by atomic mass is 10.2. The number of nitro groups is 1. The molecule has 1 aromatic heterocycles. The third-order valence-electron chi connectivity index (χ3n) is 3.68. The van der Waals surface area contributed by atoms with Gasteiger partial charge in [0.05, 0.1) is 17.6 Å². The average molecular weight is 314 g/mol. The van der Waals surface area contributed by atoms with Crippen molar-refractivity contribution in [3.8, 4) is 0 Å². The standard InChI is InChI=1S/C13H22N4O3S/c1-2-21-13-5-3-4-12(13)14-7-11(18)9-16-8-10(6-15-16)17(19)20/h6,8,11-14,18H,2-5,7,9H2,1H3. The zero-order chi connectivity index (χ0) is 15.2. The molecule has 0 bridgehead atoms.